The van der Waals surface area contributed by atoms with Gasteiger partial charge in [-0.2, -0.15) is 10.2 Å². The van der Waals surface area contributed by atoms with Crippen LogP contribution in [0.1, 0.15) is 48.8 Å². The van der Waals surface area contributed by atoms with Gasteiger partial charge in [-0.1, -0.05) is 6.92 Å². The number of allylic oxidation sites excluding steroid dienone is 1. The Morgan fingerprint density at radius 2 is 2.03 bits per heavy atom. The normalized spacial score (nSPS) is 19.2. The highest BCUT2D eigenvalue weighted by atomic mass is 16.4. The summed E-state index contributed by atoms with van der Waals surface area (Å²) in [5, 5.41) is 28.5. The van der Waals surface area contributed by atoms with E-state index in [0.717, 1.165) is 42.5 Å². The number of nitrogens with zero attached hydrogens (tertiary/aromatic N) is 4. The van der Waals surface area contributed by atoms with E-state index >= 15 is 0 Å². The monoisotopic (exact) mass is 463 g/mol. The second kappa shape index (κ2) is 8.60. The summed E-state index contributed by atoms with van der Waals surface area (Å²) in [4.78, 5) is 27.9. The number of aromatic carboxylic acids is 1. The summed E-state index contributed by atoms with van der Waals surface area (Å²) in [5.41, 5.74) is 3.60. The highest BCUT2D eigenvalue weighted by Gasteiger charge is 2.40. The van der Waals surface area contributed by atoms with Gasteiger partial charge in [0.15, 0.2) is 5.69 Å². The summed E-state index contributed by atoms with van der Waals surface area (Å²) in [7, 11) is 2.09. The number of carbonyl (C=O) groups excluding carboxylic acids is 1. The Morgan fingerprint density at radius 1 is 1.26 bits per heavy atom. The van der Waals surface area contributed by atoms with Crippen molar-refractivity contribution in [3.05, 3.63) is 46.9 Å². The zero-order valence-electron chi connectivity index (χ0n) is 19.6. The average Bonchev–Trinajstić information content (AvgIpc) is 3.42. The van der Waals surface area contributed by atoms with Crippen LogP contribution in [-0.4, -0.2) is 62.0 Å². The number of fused-ring (bicyclic) bond motifs is 2. The number of hydrogen-bond acceptors (Lipinski definition) is 6. The van der Waals surface area contributed by atoms with Crippen LogP contribution in [0.4, 0.5) is 11.5 Å². The Morgan fingerprint density at radius 3 is 2.74 bits per heavy atom. The van der Waals surface area contributed by atoms with Crippen molar-refractivity contribution in [1.82, 2.24) is 24.9 Å². The Kier molecular flexibility index (Phi) is 5.60. The van der Waals surface area contributed by atoms with Gasteiger partial charge >= 0.3 is 5.97 Å². The highest BCUT2D eigenvalue weighted by Crippen LogP contribution is 2.42. The largest absolute Gasteiger partial charge is 0.476 e. The molecule has 2 aromatic heterocycles. The van der Waals surface area contributed by atoms with Gasteiger partial charge < -0.3 is 20.6 Å². The molecule has 0 spiro atoms. The van der Waals surface area contributed by atoms with Gasteiger partial charge in [0.2, 0.25) is 0 Å². The van der Waals surface area contributed by atoms with E-state index in [1.807, 2.05) is 32.0 Å². The molecule has 0 saturated carbocycles. The summed E-state index contributed by atoms with van der Waals surface area (Å²) in [6.07, 6.45) is 4.04. The first kappa shape index (κ1) is 22.1. The van der Waals surface area contributed by atoms with E-state index in [-0.39, 0.29) is 23.6 Å². The van der Waals surface area contributed by atoms with Crippen molar-refractivity contribution in [2.24, 2.45) is 5.92 Å². The van der Waals surface area contributed by atoms with Gasteiger partial charge in [-0.05, 0) is 70.4 Å². The Bertz CT molecular complexity index is 1300. The minimum atomic E-state index is -1.06. The molecule has 0 radical (unpaired) electrons. The molecule has 1 unspecified atom stereocenters. The van der Waals surface area contributed by atoms with Crippen LogP contribution in [0.15, 0.2) is 35.7 Å². The van der Waals surface area contributed by atoms with Gasteiger partial charge in [-0.25, -0.2) is 9.48 Å². The van der Waals surface area contributed by atoms with Gasteiger partial charge in [-0.15, -0.1) is 0 Å². The molecule has 1 atom stereocenters. The van der Waals surface area contributed by atoms with Crippen LogP contribution in [-0.2, 0) is 11.2 Å². The number of carboxylic acid groups (broad SMARTS) is 1. The molecule has 0 bridgehead atoms. The number of hydrogen-bond donors (Lipinski definition) is 4. The fourth-order valence-corrected chi connectivity index (χ4v) is 5.20. The van der Waals surface area contributed by atoms with E-state index in [9.17, 15) is 14.7 Å². The predicted molar refractivity (Wildman–Crippen MR) is 129 cm³/mol. The van der Waals surface area contributed by atoms with Crippen molar-refractivity contribution in [1.29, 1.82) is 0 Å². The second-order valence-corrected chi connectivity index (χ2v) is 9.15. The molecular weight excluding hydrogens is 434 g/mol. The number of carbonyl (C=O) groups is 2. The summed E-state index contributed by atoms with van der Waals surface area (Å²) >= 11 is 0. The van der Waals surface area contributed by atoms with E-state index in [0.29, 0.717) is 29.1 Å². The number of anilines is 2. The van der Waals surface area contributed by atoms with Crippen LogP contribution < -0.4 is 10.6 Å². The van der Waals surface area contributed by atoms with Gasteiger partial charge in [-0.3, -0.25) is 9.89 Å². The molecule has 0 aliphatic carbocycles. The number of rotatable bonds is 5. The van der Waals surface area contributed by atoms with Crippen LogP contribution in [0.5, 0.6) is 0 Å². The molecule has 10 heteroatoms. The van der Waals surface area contributed by atoms with E-state index < -0.39 is 5.97 Å². The van der Waals surface area contributed by atoms with E-state index in [4.69, 9.17) is 0 Å². The number of aromatic nitrogens is 4. The highest BCUT2D eigenvalue weighted by molar-refractivity contribution is 6.06. The lowest BCUT2D eigenvalue weighted by Gasteiger charge is -2.38. The molecule has 3 aromatic rings. The number of aromatic amines is 1. The van der Waals surface area contributed by atoms with Gasteiger partial charge in [0.1, 0.15) is 5.82 Å². The lowest BCUT2D eigenvalue weighted by Crippen LogP contribution is -2.39. The first-order chi connectivity index (χ1) is 16.4. The third-order valence-electron chi connectivity index (χ3n) is 6.99. The van der Waals surface area contributed by atoms with Crippen molar-refractivity contribution in [2.75, 3.05) is 30.8 Å². The Hall–Kier alpha value is -3.66. The number of amides is 1. The Balaban J connectivity index is 1.55. The molecule has 2 aliphatic heterocycles. The molecule has 1 aromatic carbocycles. The molecule has 178 valence electrons. The first-order valence-corrected chi connectivity index (χ1v) is 11.6. The lowest BCUT2D eigenvalue weighted by molar-refractivity contribution is -0.113. The standard InChI is InChI=1S/C24H29N7O3/c1-4-17-20(24(33)34)29-31-21(14-7-9-30(3)10-8-14)19(13(2)26-22(17)31)23(32)27-16-5-6-18-15(11-16)12-25-28-18/h5-6,11-12,14,21,26H,4,7-10H2,1-3H3,(H,25,28)(H,27,32)(H,33,34). The number of nitrogens with one attached hydrogen (secondary N) is 3. The second-order valence-electron chi connectivity index (χ2n) is 9.15. The zero-order chi connectivity index (χ0) is 24.0. The fourth-order valence-electron chi connectivity index (χ4n) is 5.20. The first-order valence-electron chi connectivity index (χ1n) is 11.6. The topological polar surface area (TPSA) is 128 Å². The number of benzene rings is 1. The van der Waals surface area contributed by atoms with Crippen molar-refractivity contribution >= 4 is 34.3 Å². The van der Waals surface area contributed by atoms with Gasteiger partial charge in [0, 0.05) is 22.3 Å². The summed E-state index contributed by atoms with van der Waals surface area (Å²) in [6.45, 7) is 5.64. The number of likely N-dealkylation sites (tertiary alicyclic amines) is 1. The van der Waals surface area contributed by atoms with Crippen molar-refractivity contribution in [2.45, 2.75) is 39.2 Å². The summed E-state index contributed by atoms with van der Waals surface area (Å²) < 4.78 is 1.75. The maximum atomic E-state index is 13.7. The van der Waals surface area contributed by atoms with Crippen molar-refractivity contribution in [3.8, 4) is 0 Å². The molecule has 1 saturated heterocycles. The fraction of sp³-hybridized carbons (Fsp3) is 0.417. The molecule has 34 heavy (non-hydrogen) atoms. The number of carboxylic acids is 1. The maximum Gasteiger partial charge on any atom is 0.356 e. The minimum Gasteiger partial charge on any atom is -0.476 e. The number of piperidine rings is 1. The quantitative estimate of drug-likeness (QED) is 0.457. The molecule has 2 aliphatic rings. The van der Waals surface area contributed by atoms with Crippen LogP contribution in [0, 0.1) is 5.92 Å². The van der Waals surface area contributed by atoms with Gasteiger partial charge in [0.05, 0.1) is 23.3 Å². The van der Waals surface area contributed by atoms with Crippen molar-refractivity contribution in [3.63, 3.8) is 0 Å². The third-order valence-corrected chi connectivity index (χ3v) is 6.99. The molecule has 5 rings (SSSR count). The number of H-pyrrole nitrogens is 1. The van der Waals surface area contributed by atoms with E-state index in [2.05, 4.69) is 37.9 Å². The zero-order valence-corrected chi connectivity index (χ0v) is 19.6. The molecular formula is C24H29N7O3. The molecule has 10 nitrogen and oxygen atoms in total. The van der Waals surface area contributed by atoms with Crippen LogP contribution in [0.2, 0.25) is 0 Å². The average molecular weight is 464 g/mol. The maximum absolute atomic E-state index is 13.7. The summed E-state index contributed by atoms with van der Waals surface area (Å²) in [5.74, 6) is -0.430. The molecule has 4 N–H and O–H groups in total. The Labute approximate surface area is 197 Å². The lowest BCUT2D eigenvalue weighted by atomic mass is 9.83. The minimum absolute atomic E-state index is 0.0443. The smallest absolute Gasteiger partial charge is 0.356 e. The third kappa shape index (κ3) is 3.73. The van der Waals surface area contributed by atoms with Crippen LogP contribution in [0.3, 0.4) is 0 Å². The van der Waals surface area contributed by atoms with E-state index in [1.165, 1.54) is 0 Å². The molecule has 1 fully saturated rings. The summed E-state index contributed by atoms with van der Waals surface area (Å²) in [6, 6.07) is 5.25. The van der Waals surface area contributed by atoms with Gasteiger partial charge in [0.25, 0.3) is 5.91 Å². The molecule has 1 amide bonds. The van der Waals surface area contributed by atoms with E-state index in [1.54, 1.807) is 10.9 Å². The van der Waals surface area contributed by atoms with Crippen LogP contribution >= 0.6 is 0 Å². The van der Waals surface area contributed by atoms with Crippen molar-refractivity contribution < 1.29 is 14.7 Å². The predicted octanol–water partition coefficient (Wildman–Crippen LogP) is 3.24. The van der Waals surface area contributed by atoms with Crippen LogP contribution in [0.25, 0.3) is 10.9 Å². The molecule has 4 heterocycles. The SMILES string of the molecule is CCc1c(C(=O)O)nn2c1NC(C)=C(C(=O)Nc1ccc3[nH]ncc3c1)C2C1CCN(C)CC1.